The molecule has 0 amide bonds. The topological polar surface area (TPSA) is 37.4 Å². The second kappa shape index (κ2) is 7.16. The van der Waals surface area contributed by atoms with Crippen LogP contribution in [0.1, 0.15) is 45.2 Å². The first kappa shape index (κ1) is 18.2. The van der Waals surface area contributed by atoms with Crippen molar-refractivity contribution in [3.05, 3.63) is 52.2 Å². The second-order valence-electron chi connectivity index (χ2n) is 6.74. The van der Waals surface area contributed by atoms with Crippen molar-refractivity contribution in [1.82, 2.24) is 4.31 Å². The highest BCUT2D eigenvalue weighted by Gasteiger charge is 2.24. The minimum Gasteiger partial charge on any atom is -0.207 e. The van der Waals surface area contributed by atoms with Crippen LogP contribution in [0.15, 0.2) is 46.0 Å². The third kappa shape index (κ3) is 4.43. The SMILES string of the molecule is CCCN(Cc1ccsc1)S(=O)(=O)c1ccc(C(C)(C)C)cc1. The van der Waals surface area contributed by atoms with Crippen LogP contribution in [0.25, 0.3) is 0 Å². The number of sulfonamides is 1. The molecule has 1 aromatic carbocycles. The summed E-state index contributed by atoms with van der Waals surface area (Å²) in [7, 11) is -3.46. The third-order valence-electron chi connectivity index (χ3n) is 3.77. The number of hydrogen-bond donors (Lipinski definition) is 0. The van der Waals surface area contributed by atoms with Crippen LogP contribution >= 0.6 is 11.3 Å². The van der Waals surface area contributed by atoms with Crippen LogP contribution in [-0.2, 0) is 22.0 Å². The van der Waals surface area contributed by atoms with Crippen LogP contribution in [0, 0.1) is 0 Å². The maximum atomic E-state index is 12.9. The Hall–Kier alpha value is -1.17. The van der Waals surface area contributed by atoms with Gasteiger partial charge in [-0.15, -0.1) is 0 Å². The molecule has 2 rings (SSSR count). The van der Waals surface area contributed by atoms with E-state index in [4.69, 9.17) is 0 Å². The molecule has 1 heterocycles. The van der Waals surface area contributed by atoms with Crippen molar-refractivity contribution < 1.29 is 8.42 Å². The number of thiophene rings is 1. The summed E-state index contributed by atoms with van der Waals surface area (Å²) in [4.78, 5) is 0.370. The molecule has 0 aliphatic carbocycles. The van der Waals surface area contributed by atoms with Gasteiger partial charge in [-0.25, -0.2) is 8.42 Å². The van der Waals surface area contributed by atoms with Gasteiger partial charge in [0.2, 0.25) is 10.0 Å². The monoisotopic (exact) mass is 351 g/mol. The highest BCUT2D eigenvalue weighted by Crippen LogP contribution is 2.25. The Morgan fingerprint density at radius 2 is 1.74 bits per heavy atom. The van der Waals surface area contributed by atoms with Gasteiger partial charge in [0, 0.05) is 13.1 Å². The molecule has 0 fully saturated rings. The average Bonchev–Trinajstić information content (AvgIpc) is 2.99. The van der Waals surface area contributed by atoms with Gasteiger partial charge >= 0.3 is 0 Å². The Balaban J connectivity index is 2.29. The van der Waals surface area contributed by atoms with Crippen LogP contribution in [-0.4, -0.2) is 19.3 Å². The van der Waals surface area contributed by atoms with E-state index in [0.717, 1.165) is 17.5 Å². The van der Waals surface area contributed by atoms with E-state index in [0.29, 0.717) is 18.0 Å². The number of benzene rings is 1. The van der Waals surface area contributed by atoms with Gasteiger partial charge in [-0.05, 0) is 51.9 Å². The largest absolute Gasteiger partial charge is 0.243 e. The van der Waals surface area contributed by atoms with E-state index in [1.165, 1.54) is 0 Å². The van der Waals surface area contributed by atoms with E-state index in [2.05, 4.69) is 20.8 Å². The number of nitrogens with zero attached hydrogens (tertiary/aromatic N) is 1. The molecule has 0 spiro atoms. The van der Waals surface area contributed by atoms with Gasteiger partial charge in [0.05, 0.1) is 4.90 Å². The van der Waals surface area contributed by atoms with Crippen molar-refractivity contribution >= 4 is 21.4 Å². The van der Waals surface area contributed by atoms with E-state index in [9.17, 15) is 8.42 Å². The zero-order valence-electron chi connectivity index (χ0n) is 14.2. The fourth-order valence-electron chi connectivity index (χ4n) is 2.40. The van der Waals surface area contributed by atoms with Gasteiger partial charge in [-0.2, -0.15) is 15.6 Å². The predicted octanol–water partition coefficient (Wildman–Crippen LogP) is 4.65. The van der Waals surface area contributed by atoms with Crippen molar-refractivity contribution in [2.24, 2.45) is 0 Å². The lowest BCUT2D eigenvalue weighted by molar-refractivity contribution is 0.406. The predicted molar refractivity (Wildman–Crippen MR) is 97.3 cm³/mol. The zero-order valence-corrected chi connectivity index (χ0v) is 15.9. The van der Waals surface area contributed by atoms with E-state index in [1.807, 2.05) is 35.9 Å². The molecular formula is C18H25NO2S2. The van der Waals surface area contributed by atoms with Gasteiger partial charge in [-0.1, -0.05) is 39.8 Å². The molecule has 0 radical (unpaired) electrons. The van der Waals surface area contributed by atoms with Crippen LogP contribution in [0.5, 0.6) is 0 Å². The van der Waals surface area contributed by atoms with Crippen LogP contribution in [0.4, 0.5) is 0 Å². The molecule has 0 atom stereocenters. The molecule has 0 unspecified atom stereocenters. The fraction of sp³-hybridized carbons (Fsp3) is 0.444. The standard InChI is InChI=1S/C18H25NO2S2/c1-5-11-19(13-15-10-12-22-14-15)23(20,21)17-8-6-16(7-9-17)18(2,3)4/h6-10,12,14H,5,11,13H2,1-4H3. The molecule has 0 saturated heterocycles. The van der Waals surface area contributed by atoms with E-state index < -0.39 is 10.0 Å². The van der Waals surface area contributed by atoms with E-state index in [-0.39, 0.29) is 5.41 Å². The van der Waals surface area contributed by atoms with Crippen LogP contribution in [0.2, 0.25) is 0 Å². The molecule has 0 aliphatic rings. The molecule has 23 heavy (non-hydrogen) atoms. The van der Waals surface area contributed by atoms with Crippen molar-refractivity contribution in [2.75, 3.05) is 6.54 Å². The highest BCUT2D eigenvalue weighted by atomic mass is 32.2. The van der Waals surface area contributed by atoms with Gasteiger partial charge in [0.15, 0.2) is 0 Å². The molecule has 0 bridgehead atoms. The van der Waals surface area contributed by atoms with Crippen molar-refractivity contribution in [3.8, 4) is 0 Å². The third-order valence-corrected chi connectivity index (χ3v) is 6.36. The summed E-state index contributed by atoms with van der Waals surface area (Å²) in [6.45, 7) is 9.32. The Morgan fingerprint density at radius 1 is 1.09 bits per heavy atom. The second-order valence-corrected chi connectivity index (χ2v) is 9.46. The summed E-state index contributed by atoms with van der Waals surface area (Å²) in [5, 5.41) is 3.98. The normalized spacial score (nSPS) is 12.7. The van der Waals surface area contributed by atoms with E-state index in [1.54, 1.807) is 27.8 Å². The Morgan fingerprint density at radius 3 is 2.22 bits per heavy atom. The molecule has 5 heteroatoms. The van der Waals surface area contributed by atoms with Crippen LogP contribution in [0.3, 0.4) is 0 Å². The molecular weight excluding hydrogens is 326 g/mol. The first-order valence-electron chi connectivity index (χ1n) is 7.87. The van der Waals surface area contributed by atoms with Crippen LogP contribution < -0.4 is 0 Å². The van der Waals surface area contributed by atoms with Crippen molar-refractivity contribution in [3.63, 3.8) is 0 Å². The molecule has 0 N–H and O–H groups in total. The maximum Gasteiger partial charge on any atom is 0.243 e. The molecule has 0 saturated carbocycles. The van der Waals surface area contributed by atoms with Gasteiger partial charge in [0.1, 0.15) is 0 Å². The summed E-state index contributed by atoms with van der Waals surface area (Å²) < 4.78 is 27.4. The molecule has 1 aromatic heterocycles. The Bertz CT molecular complexity index is 711. The lowest BCUT2D eigenvalue weighted by atomic mass is 9.87. The quantitative estimate of drug-likeness (QED) is 0.760. The Kier molecular flexibility index (Phi) is 5.65. The van der Waals surface area contributed by atoms with Gasteiger partial charge < -0.3 is 0 Å². The summed E-state index contributed by atoms with van der Waals surface area (Å²) in [5.74, 6) is 0. The molecule has 3 nitrogen and oxygen atoms in total. The average molecular weight is 352 g/mol. The molecule has 0 aliphatic heterocycles. The van der Waals surface area contributed by atoms with E-state index >= 15 is 0 Å². The lowest BCUT2D eigenvalue weighted by Gasteiger charge is -2.23. The number of rotatable bonds is 6. The molecule has 2 aromatic rings. The zero-order chi connectivity index (χ0) is 17.1. The van der Waals surface area contributed by atoms with Gasteiger partial charge in [-0.3, -0.25) is 0 Å². The van der Waals surface area contributed by atoms with Crippen molar-refractivity contribution in [2.45, 2.75) is 51.0 Å². The fourth-order valence-corrected chi connectivity index (χ4v) is 4.58. The first-order chi connectivity index (χ1) is 10.7. The lowest BCUT2D eigenvalue weighted by Crippen LogP contribution is -2.31. The minimum absolute atomic E-state index is 0.0159. The summed E-state index contributed by atoms with van der Waals surface area (Å²) in [5.41, 5.74) is 2.19. The summed E-state index contributed by atoms with van der Waals surface area (Å²) in [6.07, 6.45) is 0.795. The highest BCUT2D eigenvalue weighted by molar-refractivity contribution is 7.89. The van der Waals surface area contributed by atoms with Crippen molar-refractivity contribution in [1.29, 1.82) is 0 Å². The molecule has 126 valence electrons. The maximum absolute atomic E-state index is 12.9. The summed E-state index contributed by atoms with van der Waals surface area (Å²) >= 11 is 1.59. The minimum atomic E-state index is -3.46. The Labute approximate surface area is 144 Å². The van der Waals surface area contributed by atoms with Gasteiger partial charge in [0.25, 0.3) is 0 Å². The number of hydrogen-bond acceptors (Lipinski definition) is 3. The smallest absolute Gasteiger partial charge is 0.207 e. The summed E-state index contributed by atoms with van der Waals surface area (Å²) in [6, 6.07) is 9.27. The first-order valence-corrected chi connectivity index (χ1v) is 10.2.